The highest BCUT2D eigenvalue weighted by atomic mass is 16.1. The lowest BCUT2D eigenvalue weighted by Crippen LogP contribution is -2.24. The topological polar surface area (TPSA) is 93.8 Å². The number of amides is 1. The number of nitrogens with zero attached hydrogens (tertiary/aromatic N) is 3. The van der Waals surface area contributed by atoms with Crippen molar-refractivity contribution in [2.75, 3.05) is 11.9 Å². The molecule has 1 amide bonds. The van der Waals surface area contributed by atoms with Crippen molar-refractivity contribution in [2.24, 2.45) is 17.6 Å². The van der Waals surface area contributed by atoms with Crippen molar-refractivity contribution in [1.29, 1.82) is 0 Å². The highest BCUT2D eigenvalue weighted by Gasteiger charge is 2.15. The van der Waals surface area contributed by atoms with E-state index < -0.39 is 0 Å². The Labute approximate surface area is 126 Å². The van der Waals surface area contributed by atoms with Gasteiger partial charge in [-0.1, -0.05) is 27.7 Å². The molecule has 0 spiro atoms. The Bertz CT molecular complexity index is 461. The molecule has 0 bridgehead atoms. The molecule has 1 heterocycles. The van der Waals surface area contributed by atoms with Gasteiger partial charge in [0.1, 0.15) is 0 Å². The van der Waals surface area contributed by atoms with Crippen molar-refractivity contribution in [3.05, 3.63) is 11.4 Å². The second-order valence-corrected chi connectivity index (χ2v) is 5.72. The highest BCUT2D eigenvalue weighted by Crippen LogP contribution is 2.15. The van der Waals surface area contributed by atoms with Crippen LogP contribution < -0.4 is 11.1 Å². The molecule has 1 aromatic heterocycles. The van der Waals surface area contributed by atoms with Crippen LogP contribution in [0.1, 0.15) is 51.9 Å². The van der Waals surface area contributed by atoms with Gasteiger partial charge in [-0.05, 0) is 37.6 Å². The number of carbonyl (C=O) groups is 1. The summed E-state index contributed by atoms with van der Waals surface area (Å²) >= 11 is 0. The lowest BCUT2D eigenvalue weighted by atomic mass is 9.94. The van der Waals surface area contributed by atoms with Gasteiger partial charge >= 0.3 is 0 Å². The Balaban J connectivity index is 2.65. The van der Waals surface area contributed by atoms with Gasteiger partial charge < -0.3 is 5.73 Å². The van der Waals surface area contributed by atoms with E-state index in [1.54, 1.807) is 0 Å². The first-order valence-corrected chi connectivity index (χ1v) is 7.72. The predicted molar refractivity (Wildman–Crippen MR) is 83.8 cm³/mol. The molecule has 0 aliphatic rings. The largest absolute Gasteiger partial charge is 0.330 e. The summed E-state index contributed by atoms with van der Waals surface area (Å²) in [6, 6.07) is 0. The summed E-state index contributed by atoms with van der Waals surface area (Å²) in [5.41, 5.74) is 7.50. The summed E-state index contributed by atoms with van der Waals surface area (Å²) < 4.78 is 0. The molecule has 21 heavy (non-hydrogen) atoms. The fourth-order valence-corrected chi connectivity index (χ4v) is 2.36. The molecule has 1 atom stereocenters. The van der Waals surface area contributed by atoms with Crippen molar-refractivity contribution in [3.63, 3.8) is 0 Å². The summed E-state index contributed by atoms with van der Waals surface area (Å²) in [5, 5.41) is 10.8. The third kappa shape index (κ3) is 5.75. The van der Waals surface area contributed by atoms with E-state index in [1.165, 1.54) is 0 Å². The minimum absolute atomic E-state index is 0.0980. The van der Waals surface area contributed by atoms with Crippen molar-refractivity contribution in [2.45, 2.75) is 53.4 Å². The summed E-state index contributed by atoms with van der Waals surface area (Å²) in [5.74, 6) is 0.909. The number of aromatic nitrogens is 3. The Morgan fingerprint density at radius 1 is 1.19 bits per heavy atom. The molecule has 1 rings (SSSR count). The van der Waals surface area contributed by atoms with Gasteiger partial charge in [0.05, 0.1) is 11.4 Å². The number of hydrogen-bond donors (Lipinski definition) is 2. The molecule has 0 aromatic carbocycles. The normalized spacial score (nSPS) is 12.5. The van der Waals surface area contributed by atoms with Crippen molar-refractivity contribution in [3.8, 4) is 0 Å². The predicted octanol–water partition coefficient (Wildman–Crippen LogP) is 1.95. The number of nitrogens with two attached hydrogens (primary N) is 1. The molecule has 6 nitrogen and oxygen atoms in total. The molecule has 118 valence electrons. The lowest BCUT2D eigenvalue weighted by molar-refractivity contribution is -0.117. The first kappa shape index (κ1) is 17.5. The van der Waals surface area contributed by atoms with E-state index in [2.05, 4.69) is 34.3 Å². The SMILES string of the molecule is CCc1nnc(NC(=O)CC(CN)CC(C)C)nc1CC. The lowest BCUT2D eigenvalue weighted by Gasteiger charge is -2.16. The Morgan fingerprint density at radius 3 is 2.38 bits per heavy atom. The van der Waals surface area contributed by atoms with E-state index in [-0.39, 0.29) is 17.8 Å². The van der Waals surface area contributed by atoms with Crippen LogP contribution in [0, 0.1) is 11.8 Å². The average Bonchev–Trinajstić information content (AvgIpc) is 2.45. The van der Waals surface area contributed by atoms with E-state index in [9.17, 15) is 4.79 Å². The van der Waals surface area contributed by atoms with Gasteiger partial charge in [-0.2, -0.15) is 0 Å². The molecule has 1 aromatic rings. The number of anilines is 1. The molecule has 0 aliphatic heterocycles. The Morgan fingerprint density at radius 2 is 1.86 bits per heavy atom. The number of nitrogens with one attached hydrogen (secondary N) is 1. The summed E-state index contributed by atoms with van der Waals surface area (Å²) in [6.45, 7) is 8.80. The van der Waals surface area contributed by atoms with Crippen LogP contribution in [0.25, 0.3) is 0 Å². The Kier molecular flexibility index (Phi) is 7.22. The fraction of sp³-hybridized carbons (Fsp3) is 0.733. The molecule has 0 saturated carbocycles. The quantitative estimate of drug-likeness (QED) is 0.764. The van der Waals surface area contributed by atoms with Gasteiger partial charge in [-0.15, -0.1) is 10.2 Å². The van der Waals surface area contributed by atoms with Gasteiger partial charge in [0.15, 0.2) is 0 Å². The van der Waals surface area contributed by atoms with Crippen LogP contribution in [0.2, 0.25) is 0 Å². The number of hydrogen-bond acceptors (Lipinski definition) is 5. The molecule has 0 fully saturated rings. The molecule has 0 radical (unpaired) electrons. The third-order valence-corrected chi connectivity index (χ3v) is 3.37. The summed E-state index contributed by atoms with van der Waals surface area (Å²) in [7, 11) is 0. The molecule has 3 N–H and O–H groups in total. The van der Waals surface area contributed by atoms with Crippen LogP contribution in [0.4, 0.5) is 5.95 Å². The smallest absolute Gasteiger partial charge is 0.249 e. The fourth-order valence-electron chi connectivity index (χ4n) is 2.36. The second-order valence-electron chi connectivity index (χ2n) is 5.72. The van der Waals surface area contributed by atoms with E-state index in [0.717, 1.165) is 30.7 Å². The molecular weight excluding hydrogens is 266 g/mol. The first-order chi connectivity index (χ1) is 9.99. The Hall–Kier alpha value is -1.56. The van der Waals surface area contributed by atoms with Gasteiger partial charge in [0.2, 0.25) is 11.9 Å². The number of rotatable bonds is 8. The second kappa shape index (κ2) is 8.67. The highest BCUT2D eigenvalue weighted by molar-refractivity contribution is 5.89. The molecule has 1 unspecified atom stereocenters. The van der Waals surface area contributed by atoms with Crippen molar-refractivity contribution >= 4 is 11.9 Å². The van der Waals surface area contributed by atoms with Gasteiger partial charge in [-0.3, -0.25) is 10.1 Å². The van der Waals surface area contributed by atoms with Crippen LogP contribution in [0.5, 0.6) is 0 Å². The van der Waals surface area contributed by atoms with Gasteiger partial charge in [-0.25, -0.2) is 4.98 Å². The first-order valence-electron chi connectivity index (χ1n) is 7.72. The average molecular weight is 293 g/mol. The van der Waals surface area contributed by atoms with Gasteiger partial charge in [0.25, 0.3) is 0 Å². The van der Waals surface area contributed by atoms with Crippen LogP contribution >= 0.6 is 0 Å². The van der Waals surface area contributed by atoms with Gasteiger partial charge in [0, 0.05) is 6.42 Å². The monoisotopic (exact) mass is 293 g/mol. The van der Waals surface area contributed by atoms with Crippen LogP contribution in [0.3, 0.4) is 0 Å². The zero-order valence-electron chi connectivity index (χ0n) is 13.5. The van der Waals surface area contributed by atoms with E-state index >= 15 is 0 Å². The van der Waals surface area contributed by atoms with Crippen molar-refractivity contribution < 1.29 is 4.79 Å². The minimum Gasteiger partial charge on any atom is -0.330 e. The number of carbonyl (C=O) groups excluding carboxylic acids is 1. The standard InChI is InChI=1S/C15H27N5O/c1-5-12-13(6-2)19-20-15(17-12)18-14(21)8-11(9-16)7-10(3)4/h10-11H,5-9,16H2,1-4H3,(H,17,18,20,21). The van der Waals surface area contributed by atoms with E-state index in [0.29, 0.717) is 18.9 Å². The maximum absolute atomic E-state index is 12.0. The zero-order chi connectivity index (χ0) is 15.8. The van der Waals surface area contributed by atoms with Crippen LogP contribution in [0.15, 0.2) is 0 Å². The van der Waals surface area contributed by atoms with E-state index in [4.69, 9.17) is 5.73 Å². The zero-order valence-corrected chi connectivity index (χ0v) is 13.5. The maximum atomic E-state index is 12.0. The molecule has 0 aliphatic carbocycles. The molecular formula is C15H27N5O. The summed E-state index contributed by atoms with van der Waals surface area (Å²) in [4.78, 5) is 16.4. The summed E-state index contributed by atoms with van der Waals surface area (Å²) in [6.07, 6.45) is 2.91. The minimum atomic E-state index is -0.0980. The van der Waals surface area contributed by atoms with E-state index in [1.807, 2.05) is 13.8 Å². The third-order valence-electron chi connectivity index (χ3n) is 3.37. The van der Waals surface area contributed by atoms with Crippen LogP contribution in [-0.2, 0) is 17.6 Å². The number of aryl methyl sites for hydroxylation is 2. The molecule has 6 heteroatoms. The molecule has 0 saturated heterocycles. The van der Waals surface area contributed by atoms with Crippen molar-refractivity contribution in [1.82, 2.24) is 15.2 Å². The maximum Gasteiger partial charge on any atom is 0.249 e. The van der Waals surface area contributed by atoms with Crippen LogP contribution in [-0.4, -0.2) is 27.6 Å².